The number of rotatable bonds is 5. The molecule has 150 valence electrons. The Kier molecular flexibility index (Phi) is 5.74. The van der Waals surface area contributed by atoms with E-state index in [1.54, 1.807) is 14.2 Å². The highest BCUT2D eigenvalue weighted by Gasteiger charge is 2.23. The van der Waals surface area contributed by atoms with Gasteiger partial charge in [0.2, 0.25) is 5.91 Å². The maximum atomic E-state index is 12.9. The highest BCUT2D eigenvalue weighted by atomic mass is 35.5. The van der Waals surface area contributed by atoms with Crippen molar-refractivity contribution in [3.8, 4) is 22.1 Å². The van der Waals surface area contributed by atoms with Crippen molar-refractivity contribution in [3.63, 3.8) is 0 Å². The topological polar surface area (TPSA) is 51.7 Å². The lowest BCUT2D eigenvalue weighted by atomic mass is 9.98. The van der Waals surface area contributed by atoms with Crippen LogP contribution in [0.5, 0.6) is 11.5 Å². The third-order valence-corrected chi connectivity index (χ3v) is 6.24. The van der Waals surface area contributed by atoms with Gasteiger partial charge in [0.1, 0.15) is 5.01 Å². The molecule has 0 saturated heterocycles. The van der Waals surface area contributed by atoms with Gasteiger partial charge < -0.3 is 14.4 Å². The number of aromatic nitrogens is 1. The van der Waals surface area contributed by atoms with E-state index in [-0.39, 0.29) is 5.91 Å². The van der Waals surface area contributed by atoms with Gasteiger partial charge in [-0.3, -0.25) is 4.79 Å². The molecule has 0 atom stereocenters. The fourth-order valence-electron chi connectivity index (χ4n) is 3.48. The van der Waals surface area contributed by atoms with Gasteiger partial charge in [-0.15, -0.1) is 11.3 Å². The number of halogens is 1. The number of hydrogen-bond acceptors (Lipinski definition) is 5. The van der Waals surface area contributed by atoms with E-state index in [2.05, 4.69) is 4.98 Å². The maximum Gasteiger partial charge on any atom is 0.228 e. The minimum Gasteiger partial charge on any atom is -0.493 e. The summed E-state index contributed by atoms with van der Waals surface area (Å²) < 4.78 is 10.8. The molecule has 0 bridgehead atoms. The molecule has 4 rings (SSSR count). The molecule has 0 unspecified atom stereocenters. The summed E-state index contributed by atoms with van der Waals surface area (Å²) in [6, 6.07) is 11.5. The van der Waals surface area contributed by atoms with Gasteiger partial charge in [0.05, 0.1) is 26.3 Å². The first-order chi connectivity index (χ1) is 14.1. The molecule has 0 saturated carbocycles. The zero-order valence-electron chi connectivity index (χ0n) is 16.3. The molecular formula is C22H21ClN2O3S. The largest absolute Gasteiger partial charge is 0.493 e. The molecule has 3 aromatic rings. The second-order valence-electron chi connectivity index (χ2n) is 6.87. The number of amides is 1. The summed E-state index contributed by atoms with van der Waals surface area (Å²) in [5.41, 5.74) is 4.10. The Morgan fingerprint density at radius 3 is 2.52 bits per heavy atom. The predicted octanol–water partition coefficient (Wildman–Crippen LogP) is 4.61. The summed E-state index contributed by atoms with van der Waals surface area (Å²) in [5, 5.41) is 3.54. The van der Waals surface area contributed by atoms with Crippen LogP contribution in [0.3, 0.4) is 0 Å². The molecule has 29 heavy (non-hydrogen) atoms. The Hall–Kier alpha value is -2.57. The molecule has 1 aliphatic rings. The number of hydrogen-bond donors (Lipinski definition) is 0. The van der Waals surface area contributed by atoms with E-state index in [4.69, 9.17) is 21.1 Å². The number of fused-ring (bicyclic) bond motifs is 1. The molecule has 0 spiro atoms. The van der Waals surface area contributed by atoms with Crippen molar-refractivity contribution in [2.75, 3.05) is 20.8 Å². The van der Waals surface area contributed by atoms with Crippen molar-refractivity contribution in [2.45, 2.75) is 19.4 Å². The SMILES string of the molecule is COc1cc2c(cc1OC)CN(C(=O)Cc1csc(-c3ccc(Cl)cc3)n1)CC2. The van der Waals surface area contributed by atoms with Crippen LogP contribution in [-0.4, -0.2) is 36.6 Å². The van der Waals surface area contributed by atoms with E-state index in [1.165, 1.54) is 16.9 Å². The molecular weight excluding hydrogens is 408 g/mol. The molecule has 5 nitrogen and oxygen atoms in total. The maximum absolute atomic E-state index is 12.9. The van der Waals surface area contributed by atoms with Crippen LogP contribution < -0.4 is 9.47 Å². The fourth-order valence-corrected chi connectivity index (χ4v) is 4.43. The zero-order chi connectivity index (χ0) is 20.4. The van der Waals surface area contributed by atoms with Crippen molar-refractivity contribution in [3.05, 3.63) is 63.6 Å². The molecule has 1 aliphatic heterocycles. The highest BCUT2D eigenvalue weighted by molar-refractivity contribution is 7.13. The monoisotopic (exact) mass is 428 g/mol. The summed E-state index contributed by atoms with van der Waals surface area (Å²) in [5.74, 6) is 1.49. The Labute approximate surface area is 178 Å². The van der Waals surface area contributed by atoms with Gasteiger partial charge in [-0.1, -0.05) is 23.7 Å². The summed E-state index contributed by atoms with van der Waals surface area (Å²) in [4.78, 5) is 19.4. The quantitative estimate of drug-likeness (QED) is 0.595. The van der Waals surface area contributed by atoms with E-state index in [0.717, 1.165) is 34.0 Å². The fraction of sp³-hybridized carbons (Fsp3) is 0.273. The van der Waals surface area contributed by atoms with Gasteiger partial charge in [0.15, 0.2) is 11.5 Å². The third kappa shape index (κ3) is 4.23. The van der Waals surface area contributed by atoms with Gasteiger partial charge >= 0.3 is 0 Å². The Balaban J connectivity index is 1.45. The second kappa shape index (κ2) is 8.43. The van der Waals surface area contributed by atoms with E-state index in [1.807, 2.05) is 46.7 Å². The normalized spacial score (nSPS) is 13.1. The van der Waals surface area contributed by atoms with Crippen molar-refractivity contribution in [1.82, 2.24) is 9.88 Å². The van der Waals surface area contributed by atoms with E-state index >= 15 is 0 Å². The number of ether oxygens (including phenoxy) is 2. The molecule has 0 fully saturated rings. The first-order valence-corrected chi connectivity index (χ1v) is 10.5. The Morgan fingerprint density at radius 2 is 1.83 bits per heavy atom. The molecule has 1 amide bonds. The molecule has 2 heterocycles. The van der Waals surface area contributed by atoms with Crippen LogP contribution in [-0.2, 0) is 24.2 Å². The number of benzene rings is 2. The van der Waals surface area contributed by atoms with Gasteiger partial charge in [-0.25, -0.2) is 4.98 Å². The van der Waals surface area contributed by atoms with Gasteiger partial charge in [0.25, 0.3) is 0 Å². The molecule has 1 aromatic heterocycles. The average molecular weight is 429 g/mol. The third-order valence-electron chi connectivity index (χ3n) is 5.05. The van der Waals surface area contributed by atoms with Crippen LogP contribution in [0.1, 0.15) is 16.8 Å². The molecule has 2 aromatic carbocycles. The van der Waals surface area contributed by atoms with Crippen molar-refractivity contribution in [1.29, 1.82) is 0 Å². The minimum atomic E-state index is 0.0818. The highest BCUT2D eigenvalue weighted by Crippen LogP contribution is 2.33. The molecule has 0 radical (unpaired) electrons. The lowest BCUT2D eigenvalue weighted by Gasteiger charge is -2.29. The second-order valence-corrected chi connectivity index (χ2v) is 8.16. The number of methoxy groups -OCH3 is 2. The Morgan fingerprint density at radius 1 is 1.14 bits per heavy atom. The summed E-state index contributed by atoms with van der Waals surface area (Å²) in [7, 11) is 3.26. The van der Waals surface area contributed by atoms with Crippen LogP contribution in [0.25, 0.3) is 10.6 Å². The van der Waals surface area contributed by atoms with Crippen LogP contribution in [0.4, 0.5) is 0 Å². The standard InChI is InChI=1S/C22H21ClN2O3S/c1-27-19-9-15-7-8-25(12-16(15)10-20(19)28-2)21(26)11-18-13-29-22(24-18)14-3-5-17(23)6-4-14/h3-6,9-10,13H,7-8,11-12H2,1-2H3. The minimum absolute atomic E-state index is 0.0818. The number of carbonyl (C=O) groups excluding carboxylic acids is 1. The van der Waals surface area contributed by atoms with Crippen LogP contribution in [0.2, 0.25) is 5.02 Å². The van der Waals surface area contributed by atoms with Crippen molar-refractivity contribution in [2.24, 2.45) is 0 Å². The number of thiazole rings is 1. The molecule has 0 aliphatic carbocycles. The van der Waals surface area contributed by atoms with Crippen molar-refractivity contribution < 1.29 is 14.3 Å². The lowest BCUT2D eigenvalue weighted by molar-refractivity contribution is -0.131. The smallest absolute Gasteiger partial charge is 0.228 e. The van der Waals surface area contributed by atoms with Crippen LogP contribution in [0, 0.1) is 0 Å². The van der Waals surface area contributed by atoms with Gasteiger partial charge in [0, 0.05) is 29.1 Å². The summed E-state index contributed by atoms with van der Waals surface area (Å²) in [6.07, 6.45) is 1.10. The summed E-state index contributed by atoms with van der Waals surface area (Å²) >= 11 is 7.49. The first-order valence-electron chi connectivity index (χ1n) is 9.29. The first kappa shape index (κ1) is 19.7. The average Bonchev–Trinajstić information content (AvgIpc) is 3.21. The number of carbonyl (C=O) groups is 1. The van der Waals surface area contributed by atoms with E-state index < -0.39 is 0 Å². The lowest BCUT2D eigenvalue weighted by Crippen LogP contribution is -2.37. The van der Waals surface area contributed by atoms with Crippen LogP contribution in [0.15, 0.2) is 41.8 Å². The van der Waals surface area contributed by atoms with E-state index in [9.17, 15) is 4.79 Å². The Bertz CT molecular complexity index is 1030. The zero-order valence-corrected chi connectivity index (χ0v) is 17.8. The van der Waals surface area contributed by atoms with Gasteiger partial charge in [-0.2, -0.15) is 0 Å². The van der Waals surface area contributed by atoms with Gasteiger partial charge in [-0.05, 0) is 41.8 Å². The van der Waals surface area contributed by atoms with E-state index in [0.29, 0.717) is 30.3 Å². The van der Waals surface area contributed by atoms with Crippen LogP contribution >= 0.6 is 22.9 Å². The molecule has 7 heteroatoms. The summed E-state index contributed by atoms with van der Waals surface area (Å²) in [6.45, 7) is 1.26. The predicted molar refractivity (Wildman–Crippen MR) is 115 cm³/mol. The van der Waals surface area contributed by atoms with Crippen molar-refractivity contribution >= 4 is 28.8 Å². The number of nitrogens with zero attached hydrogens (tertiary/aromatic N) is 2. The molecule has 0 N–H and O–H groups in total.